The Labute approximate surface area is 173 Å². The van der Waals surface area contributed by atoms with E-state index in [-0.39, 0.29) is 12.5 Å². The molecule has 2 aromatic carbocycles. The van der Waals surface area contributed by atoms with Gasteiger partial charge in [0.1, 0.15) is 18.1 Å². The molecule has 158 valence electrons. The first-order chi connectivity index (χ1) is 14.1. The quantitative estimate of drug-likeness (QED) is 0.482. The number of ether oxygens (including phenoxy) is 3. The maximum Gasteiger partial charge on any atom is 0.243 e. The second-order valence-corrected chi connectivity index (χ2v) is 7.03. The van der Waals surface area contributed by atoms with E-state index in [0.29, 0.717) is 38.0 Å². The number of hydrogen-bond acceptors (Lipinski definition) is 5. The molecule has 0 bridgehead atoms. The Bertz CT molecular complexity index is 749. The lowest BCUT2D eigenvalue weighted by molar-refractivity contribution is -0.114. The van der Waals surface area contributed by atoms with Crippen molar-refractivity contribution in [2.24, 2.45) is 5.92 Å². The molecule has 29 heavy (non-hydrogen) atoms. The molecular formula is C23H32N2O4. The first-order valence-electron chi connectivity index (χ1n) is 10.1. The third-order valence-corrected chi connectivity index (χ3v) is 4.07. The summed E-state index contributed by atoms with van der Waals surface area (Å²) < 4.78 is 16.6. The summed E-state index contributed by atoms with van der Waals surface area (Å²) in [5.41, 5.74) is 1.53. The van der Waals surface area contributed by atoms with Crippen LogP contribution in [0.3, 0.4) is 0 Å². The van der Waals surface area contributed by atoms with Gasteiger partial charge >= 0.3 is 0 Å². The number of carbonyl (C=O) groups excluding carboxylic acids is 1. The van der Waals surface area contributed by atoms with Crippen molar-refractivity contribution in [1.82, 2.24) is 0 Å². The Morgan fingerprint density at radius 3 is 2.28 bits per heavy atom. The van der Waals surface area contributed by atoms with Gasteiger partial charge in [-0.2, -0.15) is 0 Å². The topological polar surface area (TPSA) is 68.8 Å². The molecule has 2 aromatic rings. The van der Waals surface area contributed by atoms with Crippen LogP contribution in [0.4, 0.5) is 11.4 Å². The molecular weight excluding hydrogens is 368 g/mol. The largest absolute Gasteiger partial charge is 0.494 e. The molecule has 0 atom stereocenters. The van der Waals surface area contributed by atoms with Crippen LogP contribution in [0.25, 0.3) is 0 Å². The zero-order chi connectivity index (χ0) is 20.9. The van der Waals surface area contributed by atoms with Crippen molar-refractivity contribution in [3.63, 3.8) is 0 Å². The molecule has 6 nitrogen and oxygen atoms in total. The Kier molecular flexibility index (Phi) is 9.86. The van der Waals surface area contributed by atoms with E-state index in [2.05, 4.69) is 24.5 Å². The second kappa shape index (κ2) is 12.7. The van der Waals surface area contributed by atoms with Gasteiger partial charge in [-0.1, -0.05) is 26.0 Å². The molecule has 0 saturated carbocycles. The van der Waals surface area contributed by atoms with Crippen molar-refractivity contribution in [3.8, 4) is 11.5 Å². The number of hydrogen-bond donors (Lipinski definition) is 2. The van der Waals surface area contributed by atoms with Crippen molar-refractivity contribution in [2.75, 3.05) is 43.6 Å². The summed E-state index contributed by atoms with van der Waals surface area (Å²) in [5, 5.41) is 6.00. The average Bonchev–Trinajstić information content (AvgIpc) is 2.70. The highest BCUT2D eigenvalue weighted by Gasteiger charge is 2.05. The van der Waals surface area contributed by atoms with Crippen molar-refractivity contribution < 1.29 is 19.0 Å². The molecule has 0 unspecified atom stereocenters. The lowest BCUT2D eigenvalue weighted by Gasteiger charge is -2.12. The van der Waals surface area contributed by atoms with Crippen molar-refractivity contribution in [2.45, 2.75) is 27.2 Å². The fraction of sp³-hybridized carbons (Fsp3) is 0.435. The minimum Gasteiger partial charge on any atom is -0.494 e. The third-order valence-electron chi connectivity index (χ3n) is 4.07. The lowest BCUT2D eigenvalue weighted by atomic mass is 10.1. The van der Waals surface area contributed by atoms with Crippen molar-refractivity contribution >= 4 is 17.3 Å². The highest BCUT2D eigenvalue weighted by molar-refractivity contribution is 5.93. The monoisotopic (exact) mass is 400 g/mol. The van der Waals surface area contributed by atoms with Gasteiger partial charge in [0, 0.05) is 30.1 Å². The molecule has 2 N–H and O–H groups in total. The van der Waals surface area contributed by atoms with E-state index in [1.165, 1.54) is 0 Å². The van der Waals surface area contributed by atoms with Gasteiger partial charge in [-0.25, -0.2) is 0 Å². The Hall–Kier alpha value is -2.73. The van der Waals surface area contributed by atoms with Crippen LogP contribution in [0.1, 0.15) is 27.2 Å². The van der Waals surface area contributed by atoms with E-state index in [9.17, 15) is 4.79 Å². The van der Waals surface area contributed by atoms with Gasteiger partial charge in [-0.05, 0) is 43.5 Å². The molecule has 0 aromatic heterocycles. The second-order valence-electron chi connectivity index (χ2n) is 7.03. The first-order valence-corrected chi connectivity index (χ1v) is 10.1. The summed E-state index contributed by atoms with van der Waals surface area (Å²) >= 11 is 0. The molecule has 0 aliphatic rings. The van der Waals surface area contributed by atoms with Crippen LogP contribution in [0.5, 0.6) is 11.5 Å². The van der Waals surface area contributed by atoms with Gasteiger partial charge in [-0.3, -0.25) is 4.79 Å². The number of benzene rings is 2. The summed E-state index contributed by atoms with van der Waals surface area (Å²) in [7, 11) is 0. The lowest BCUT2D eigenvalue weighted by Crippen LogP contribution is -2.21. The van der Waals surface area contributed by atoms with Crippen LogP contribution in [0, 0.1) is 5.92 Å². The molecule has 0 aliphatic heterocycles. The molecule has 0 fully saturated rings. The standard InChI is InChI=1S/C23H32N2O4/c1-4-27-13-14-29-21-9-5-7-19(15-21)24-17-23(26)25-20-8-6-10-22(16-20)28-12-11-18(2)3/h5-10,15-16,18,24H,4,11-14,17H2,1-3H3,(H,25,26). The summed E-state index contributed by atoms with van der Waals surface area (Å²) in [4.78, 5) is 12.3. The summed E-state index contributed by atoms with van der Waals surface area (Å²) in [6.07, 6.45) is 0.995. The van der Waals surface area contributed by atoms with Crippen LogP contribution in [-0.2, 0) is 9.53 Å². The number of carbonyl (C=O) groups is 1. The van der Waals surface area contributed by atoms with E-state index >= 15 is 0 Å². The van der Waals surface area contributed by atoms with E-state index < -0.39 is 0 Å². The number of anilines is 2. The zero-order valence-corrected chi connectivity index (χ0v) is 17.6. The van der Waals surface area contributed by atoms with Gasteiger partial charge in [0.05, 0.1) is 19.8 Å². The Morgan fingerprint density at radius 2 is 1.59 bits per heavy atom. The average molecular weight is 401 g/mol. The number of amides is 1. The minimum atomic E-state index is -0.132. The fourth-order valence-electron chi connectivity index (χ4n) is 2.52. The van der Waals surface area contributed by atoms with E-state index in [1.807, 2.05) is 55.5 Å². The molecule has 2 rings (SSSR count). The van der Waals surface area contributed by atoms with Crippen LogP contribution in [-0.4, -0.2) is 38.9 Å². The number of nitrogens with one attached hydrogen (secondary N) is 2. The molecule has 0 heterocycles. The molecule has 6 heteroatoms. The smallest absolute Gasteiger partial charge is 0.243 e. The first kappa shape index (κ1) is 22.6. The fourth-order valence-corrected chi connectivity index (χ4v) is 2.52. The summed E-state index contributed by atoms with van der Waals surface area (Å²) in [6, 6.07) is 15.0. The highest BCUT2D eigenvalue weighted by Crippen LogP contribution is 2.19. The predicted octanol–water partition coefficient (Wildman–Crippen LogP) is 4.58. The van der Waals surface area contributed by atoms with Gasteiger partial charge in [0.15, 0.2) is 0 Å². The van der Waals surface area contributed by atoms with Crippen LogP contribution < -0.4 is 20.1 Å². The van der Waals surface area contributed by atoms with Crippen molar-refractivity contribution in [1.29, 1.82) is 0 Å². The normalized spacial score (nSPS) is 10.6. The maximum absolute atomic E-state index is 12.3. The third kappa shape index (κ3) is 9.34. The highest BCUT2D eigenvalue weighted by atomic mass is 16.5. The Morgan fingerprint density at radius 1 is 0.931 bits per heavy atom. The number of rotatable bonds is 13. The molecule has 0 spiro atoms. The van der Waals surface area contributed by atoms with E-state index in [0.717, 1.165) is 23.6 Å². The van der Waals surface area contributed by atoms with Gasteiger partial charge < -0.3 is 24.8 Å². The minimum absolute atomic E-state index is 0.132. The summed E-state index contributed by atoms with van der Waals surface area (Å²) in [5.74, 6) is 1.96. The molecule has 0 saturated heterocycles. The van der Waals surface area contributed by atoms with Crippen LogP contribution in [0.15, 0.2) is 48.5 Å². The van der Waals surface area contributed by atoms with Crippen LogP contribution >= 0.6 is 0 Å². The zero-order valence-electron chi connectivity index (χ0n) is 17.6. The van der Waals surface area contributed by atoms with Gasteiger partial charge in [0.2, 0.25) is 5.91 Å². The van der Waals surface area contributed by atoms with E-state index in [1.54, 1.807) is 0 Å². The maximum atomic E-state index is 12.3. The molecule has 0 radical (unpaired) electrons. The molecule has 1 amide bonds. The predicted molar refractivity (Wildman–Crippen MR) is 117 cm³/mol. The van der Waals surface area contributed by atoms with Gasteiger partial charge in [-0.15, -0.1) is 0 Å². The van der Waals surface area contributed by atoms with Crippen LogP contribution in [0.2, 0.25) is 0 Å². The Balaban J connectivity index is 1.78. The van der Waals surface area contributed by atoms with Gasteiger partial charge in [0.25, 0.3) is 0 Å². The SMILES string of the molecule is CCOCCOc1cccc(NCC(=O)Nc2cccc(OCCC(C)C)c2)c1. The summed E-state index contributed by atoms with van der Waals surface area (Å²) in [6.45, 7) is 8.81. The van der Waals surface area contributed by atoms with E-state index in [4.69, 9.17) is 14.2 Å². The molecule has 0 aliphatic carbocycles. The van der Waals surface area contributed by atoms with Crippen molar-refractivity contribution in [3.05, 3.63) is 48.5 Å².